The van der Waals surface area contributed by atoms with Gasteiger partial charge in [0.2, 0.25) is 11.8 Å². The molecule has 1 aromatic carbocycles. The van der Waals surface area contributed by atoms with Crippen molar-refractivity contribution in [3.63, 3.8) is 0 Å². The van der Waals surface area contributed by atoms with E-state index in [-0.39, 0.29) is 35.5 Å². The number of hydrogen-bond donors (Lipinski definition) is 1. The molecule has 8 heteroatoms. The van der Waals surface area contributed by atoms with Crippen molar-refractivity contribution < 1.29 is 23.9 Å². The van der Waals surface area contributed by atoms with Gasteiger partial charge in [-0.15, -0.1) is 0 Å². The quantitative estimate of drug-likeness (QED) is 0.462. The number of carbonyl (C=O) groups excluding carboxylic acids is 4. The van der Waals surface area contributed by atoms with Crippen LogP contribution in [0.15, 0.2) is 36.4 Å². The minimum atomic E-state index is -1.07. The van der Waals surface area contributed by atoms with E-state index in [9.17, 15) is 19.2 Å². The van der Waals surface area contributed by atoms with Gasteiger partial charge in [-0.3, -0.25) is 19.3 Å². The Balaban J connectivity index is 1.34. The fourth-order valence-corrected chi connectivity index (χ4v) is 4.62. The Morgan fingerprint density at radius 3 is 2.46 bits per heavy atom. The lowest BCUT2D eigenvalue weighted by Gasteiger charge is -2.23. The molecule has 0 spiro atoms. The predicted octanol–water partition coefficient (Wildman–Crippen LogP) is 2.02. The van der Waals surface area contributed by atoms with Crippen LogP contribution in [0.5, 0.6) is 0 Å². The Kier molecular flexibility index (Phi) is 4.71. The van der Waals surface area contributed by atoms with Crippen LogP contribution in [-0.4, -0.2) is 41.2 Å². The molecular formula is C20H19ClN2O5. The Morgan fingerprint density at radius 2 is 1.86 bits per heavy atom. The number of allylic oxidation sites excluding steroid dienone is 2. The summed E-state index contributed by atoms with van der Waals surface area (Å²) in [6, 6.07) is 5.49. The molecule has 1 saturated heterocycles. The molecule has 4 rings (SSSR count). The average Bonchev–Trinajstić information content (AvgIpc) is 3.33. The number of imide groups is 1. The topological polar surface area (TPSA) is 92.8 Å². The molecule has 1 saturated carbocycles. The Hall–Kier alpha value is -2.67. The van der Waals surface area contributed by atoms with E-state index < -0.39 is 24.5 Å². The second-order valence-electron chi connectivity index (χ2n) is 7.39. The lowest BCUT2D eigenvalue weighted by Crippen LogP contribution is -2.45. The highest BCUT2D eigenvalue weighted by Gasteiger charge is 2.60. The largest absolute Gasteiger partial charge is 0.454 e. The second kappa shape index (κ2) is 7.05. The van der Waals surface area contributed by atoms with Gasteiger partial charge >= 0.3 is 5.97 Å². The summed E-state index contributed by atoms with van der Waals surface area (Å²) in [5, 5.41) is 3.02. The van der Waals surface area contributed by atoms with E-state index in [1.807, 2.05) is 12.2 Å². The van der Waals surface area contributed by atoms with Crippen molar-refractivity contribution in [1.29, 1.82) is 0 Å². The molecule has 1 heterocycles. The SMILES string of the molecule is C[C@H](C(=O)OCC(=O)Nc1cccc(Cl)c1)N1C(=O)[C@@H]2[C@@H](C1=O)[C@H]1C=C[C@H]2C1. The van der Waals surface area contributed by atoms with Crippen LogP contribution in [0.4, 0.5) is 5.69 Å². The molecule has 3 aliphatic rings. The maximum absolute atomic E-state index is 12.7. The van der Waals surface area contributed by atoms with Crippen molar-refractivity contribution in [3.05, 3.63) is 41.4 Å². The van der Waals surface area contributed by atoms with Crippen molar-refractivity contribution in [2.24, 2.45) is 23.7 Å². The van der Waals surface area contributed by atoms with Gasteiger partial charge in [-0.05, 0) is 43.4 Å². The summed E-state index contributed by atoms with van der Waals surface area (Å²) in [5.74, 6) is -2.57. The highest BCUT2D eigenvalue weighted by atomic mass is 35.5. The summed E-state index contributed by atoms with van der Waals surface area (Å²) >= 11 is 5.85. The van der Waals surface area contributed by atoms with Gasteiger partial charge in [0.1, 0.15) is 6.04 Å². The molecule has 2 fully saturated rings. The summed E-state index contributed by atoms with van der Waals surface area (Å²) in [7, 11) is 0. The maximum atomic E-state index is 12.7. The molecule has 2 aliphatic carbocycles. The third-order valence-corrected chi connectivity index (χ3v) is 5.92. The number of hydrogen-bond acceptors (Lipinski definition) is 5. The molecule has 1 aliphatic heterocycles. The summed E-state index contributed by atoms with van der Waals surface area (Å²) < 4.78 is 5.02. The van der Waals surface area contributed by atoms with Gasteiger partial charge in [0.25, 0.3) is 5.91 Å². The molecule has 146 valence electrons. The molecule has 1 aromatic rings. The van der Waals surface area contributed by atoms with Crippen LogP contribution >= 0.6 is 11.6 Å². The van der Waals surface area contributed by atoms with Gasteiger partial charge in [-0.2, -0.15) is 0 Å². The molecule has 5 atom stereocenters. The predicted molar refractivity (Wildman–Crippen MR) is 100 cm³/mol. The summed E-state index contributed by atoms with van der Waals surface area (Å²) in [6.07, 6.45) is 4.80. The zero-order valence-corrected chi connectivity index (χ0v) is 15.9. The number of nitrogens with one attached hydrogen (secondary N) is 1. The number of likely N-dealkylation sites (tertiary alicyclic amines) is 1. The Bertz CT molecular complexity index is 868. The van der Waals surface area contributed by atoms with Crippen molar-refractivity contribution in [1.82, 2.24) is 4.90 Å². The smallest absolute Gasteiger partial charge is 0.329 e. The van der Waals surface area contributed by atoms with Crippen molar-refractivity contribution in [2.75, 3.05) is 11.9 Å². The number of ether oxygens (including phenoxy) is 1. The van der Waals surface area contributed by atoms with E-state index in [0.717, 1.165) is 11.3 Å². The average molecular weight is 403 g/mol. The monoisotopic (exact) mass is 402 g/mol. The van der Waals surface area contributed by atoms with Crippen molar-refractivity contribution >= 4 is 41.0 Å². The molecule has 7 nitrogen and oxygen atoms in total. The summed E-state index contributed by atoms with van der Waals surface area (Å²) in [4.78, 5) is 50.8. The number of carbonyl (C=O) groups is 4. The first-order valence-corrected chi connectivity index (χ1v) is 9.52. The number of esters is 1. The fourth-order valence-electron chi connectivity index (χ4n) is 4.43. The standard InChI is InChI=1S/C20H19ClN2O5/c1-10(20(27)28-9-15(24)22-14-4-2-3-13(21)8-14)23-18(25)16-11-5-6-12(7-11)17(16)19(23)26/h2-6,8,10-12,16-17H,7,9H2,1H3,(H,22,24)/t10-,11+,12+,16+,17+/m1/s1. The lowest BCUT2D eigenvalue weighted by molar-refractivity contribution is -0.159. The Labute approximate surface area is 166 Å². The number of fused-ring (bicyclic) bond motifs is 5. The third-order valence-electron chi connectivity index (χ3n) is 5.69. The first-order chi connectivity index (χ1) is 13.4. The van der Waals surface area contributed by atoms with Crippen LogP contribution in [0.1, 0.15) is 13.3 Å². The van der Waals surface area contributed by atoms with Crippen LogP contribution in [-0.2, 0) is 23.9 Å². The van der Waals surface area contributed by atoms with Gasteiger partial charge in [0, 0.05) is 10.7 Å². The minimum Gasteiger partial charge on any atom is -0.454 e. The van der Waals surface area contributed by atoms with Gasteiger partial charge in [0.15, 0.2) is 6.61 Å². The summed E-state index contributed by atoms with van der Waals surface area (Å²) in [6.45, 7) is 0.926. The number of halogens is 1. The molecule has 1 N–H and O–H groups in total. The van der Waals surface area contributed by atoms with Gasteiger partial charge in [-0.1, -0.05) is 29.8 Å². The highest BCUT2D eigenvalue weighted by Crippen LogP contribution is 2.52. The zero-order chi connectivity index (χ0) is 20.0. The molecular weight excluding hydrogens is 384 g/mol. The molecule has 0 radical (unpaired) electrons. The number of rotatable bonds is 5. The van der Waals surface area contributed by atoms with E-state index in [4.69, 9.17) is 16.3 Å². The third kappa shape index (κ3) is 3.09. The van der Waals surface area contributed by atoms with Gasteiger partial charge in [0.05, 0.1) is 11.8 Å². The van der Waals surface area contributed by atoms with E-state index in [2.05, 4.69) is 5.32 Å². The first-order valence-electron chi connectivity index (χ1n) is 9.14. The van der Waals surface area contributed by atoms with Crippen LogP contribution < -0.4 is 5.32 Å². The minimum absolute atomic E-state index is 0.0724. The lowest BCUT2D eigenvalue weighted by atomic mass is 9.85. The molecule has 2 bridgehead atoms. The van der Waals surface area contributed by atoms with Gasteiger partial charge < -0.3 is 10.1 Å². The van der Waals surface area contributed by atoms with Gasteiger partial charge in [-0.25, -0.2) is 4.79 Å². The first kappa shape index (κ1) is 18.7. The maximum Gasteiger partial charge on any atom is 0.329 e. The van der Waals surface area contributed by atoms with Crippen LogP contribution in [0.25, 0.3) is 0 Å². The Morgan fingerprint density at radius 1 is 1.21 bits per heavy atom. The van der Waals surface area contributed by atoms with E-state index in [0.29, 0.717) is 10.7 Å². The van der Waals surface area contributed by atoms with Crippen LogP contribution in [0, 0.1) is 23.7 Å². The zero-order valence-electron chi connectivity index (χ0n) is 15.1. The van der Waals surface area contributed by atoms with Crippen molar-refractivity contribution in [2.45, 2.75) is 19.4 Å². The van der Waals surface area contributed by atoms with Crippen LogP contribution in [0.2, 0.25) is 5.02 Å². The number of anilines is 1. The van der Waals surface area contributed by atoms with E-state index in [1.54, 1.807) is 24.3 Å². The molecule has 0 aromatic heterocycles. The number of amides is 3. The second-order valence-corrected chi connectivity index (χ2v) is 7.82. The summed E-state index contributed by atoms with van der Waals surface area (Å²) in [5.41, 5.74) is 0.474. The van der Waals surface area contributed by atoms with Crippen molar-refractivity contribution in [3.8, 4) is 0 Å². The van der Waals surface area contributed by atoms with E-state index >= 15 is 0 Å². The fraction of sp³-hybridized carbons (Fsp3) is 0.400. The highest BCUT2D eigenvalue weighted by molar-refractivity contribution is 6.30. The number of nitrogens with zero attached hydrogens (tertiary/aromatic N) is 1. The molecule has 0 unspecified atom stereocenters. The number of benzene rings is 1. The van der Waals surface area contributed by atoms with E-state index in [1.165, 1.54) is 6.92 Å². The molecule has 3 amide bonds. The normalized spacial score (nSPS) is 28.4. The molecule has 28 heavy (non-hydrogen) atoms. The van der Waals surface area contributed by atoms with Crippen LogP contribution in [0.3, 0.4) is 0 Å².